The summed E-state index contributed by atoms with van der Waals surface area (Å²) < 4.78 is 11.8. The second-order valence-corrected chi connectivity index (χ2v) is 14.1. The zero-order valence-electron chi connectivity index (χ0n) is 16.3. The summed E-state index contributed by atoms with van der Waals surface area (Å²) in [5.41, 5.74) is 11.4. The van der Waals surface area contributed by atoms with Crippen LogP contribution in [0.2, 0.25) is 0 Å². The maximum absolute atomic E-state index is 5.92. The summed E-state index contributed by atoms with van der Waals surface area (Å²) in [6.07, 6.45) is 4.23. The van der Waals surface area contributed by atoms with Gasteiger partial charge >= 0.3 is 16.6 Å². The monoisotopic (exact) mass is 362 g/mol. The molecule has 0 saturated carbocycles. The zero-order chi connectivity index (χ0) is 19.1. The number of allylic oxidation sites excluding steroid dienone is 2. The van der Waals surface area contributed by atoms with Crippen molar-refractivity contribution in [3.8, 4) is 0 Å². The van der Waals surface area contributed by atoms with Gasteiger partial charge in [0.25, 0.3) is 0 Å². The van der Waals surface area contributed by atoms with Gasteiger partial charge in [-0.3, -0.25) is 9.15 Å². The lowest BCUT2D eigenvalue weighted by Gasteiger charge is -2.28. The first-order valence-corrected chi connectivity index (χ1v) is 12.5. The van der Waals surface area contributed by atoms with Gasteiger partial charge in [0.05, 0.1) is 0 Å². The van der Waals surface area contributed by atoms with Gasteiger partial charge in [-0.2, -0.15) is 0 Å². The zero-order valence-corrected chi connectivity index (χ0v) is 18.3. The summed E-state index contributed by atoms with van der Waals surface area (Å²) in [5, 5.41) is 0. The largest absolute Gasteiger partial charge is 0.307 e. The van der Waals surface area contributed by atoms with Crippen molar-refractivity contribution >= 4 is 16.6 Å². The van der Waals surface area contributed by atoms with Crippen LogP contribution in [0.5, 0.6) is 0 Å². The Morgan fingerprint density at radius 3 is 1.00 bits per heavy atom. The van der Waals surface area contributed by atoms with Gasteiger partial charge in [-0.05, 0) is 10.8 Å². The van der Waals surface area contributed by atoms with E-state index in [-0.39, 0.29) is 10.8 Å². The maximum atomic E-state index is 5.92. The van der Waals surface area contributed by atoms with Gasteiger partial charge in [-0.15, -0.1) is 26.3 Å². The van der Waals surface area contributed by atoms with Crippen molar-refractivity contribution in [3.05, 3.63) is 72.7 Å². The van der Waals surface area contributed by atoms with Crippen molar-refractivity contribution in [2.75, 3.05) is 0 Å². The van der Waals surface area contributed by atoms with E-state index in [1.54, 1.807) is 22.8 Å². The third-order valence-corrected chi connectivity index (χ3v) is 8.13. The third kappa shape index (κ3) is 8.06. The van der Waals surface area contributed by atoms with Gasteiger partial charge in [0, 0.05) is 0 Å². The predicted octanol–water partition coefficient (Wildman–Crippen LogP) is 6.01. The van der Waals surface area contributed by atoms with E-state index in [4.69, 9.17) is 9.15 Å². The molecule has 0 aliphatic carbocycles. The topological polar surface area (TPSA) is 18.5 Å². The van der Waals surface area contributed by atoms with Crippen LogP contribution in [0.25, 0.3) is 0 Å². The Bertz CT molecular complexity index is 453. The third-order valence-electron chi connectivity index (χ3n) is 3.29. The summed E-state index contributed by atoms with van der Waals surface area (Å²) in [7, 11) is -5.08. The quantitative estimate of drug-likeness (QED) is 0.284. The van der Waals surface area contributed by atoms with Crippen LogP contribution in [0.15, 0.2) is 72.7 Å². The molecule has 0 bridgehead atoms. The van der Waals surface area contributed by atoms with Crippen LogP contribution >= 0.6 is 0 Å². The molecule has 0 fully saturated rings. The molecule has 134 valence electrons. The molecule has 0 aliphatic rings. The van der Waals surface area contributed by atoms with E-state index in [1.165, 1.54) is 0 Å². The summed E-state index contributed by atoms with van der Waals surface area (Å²) in [6, 6.07) is 0. The van der Waals surface area contributed by atoms with Gasteiger partial charge in [-0.25, -0.2) is 0 Å². The molecule has 0 saturated heterocycles. The summed E-state index contributed by atoms with van der Waals surface area (Å²) in [6.45, 7) is 28.5. The van der Waals surface area contributed by atoms with Crippen molar-refractivity contribution in [3.63, 3.8) is 0 Å². The fraction of sp³-hybridized carbons (Fsp3) is 0.400. The first-order chi connectivity index (χ1) is 10.9. The van der Waals surface area contributed by atoms with E-state index in [0.29, 0.717) is 0 Å². The lowest BCUT2D eigenvalue weighted by molar-refractivity contribution is -0.114. The van der Waals surface area contributed by atoms with Crippen molar-refractivity contribution in [2.45, 2.75) is 41.5 Å². The van der Waals surface area contributed by atoms with E-state index in [0.717, 1.165) is 0 Å². The minimum atomic E-state index is -2.54. The summed E-state index contributed by atoms with van der Waals surface area (Å²) in [5.74, 6) is 0. The van der Waals surface area contributed by atoms with Gasteiger partial charge in [0.2, 0.25) is 0 Å². The Morgan fingerprint density at radius 2 is 0.833 bits per heavy atom. The highest BCUT2D eigenvalue weighted by Crippen LogP contribution is 2.23. The molecule has 0 aromatic rings. The van der Waals surface area contributed by atoms with Gasteiger partial charge < -0.3 is 0 Å². The molecule has 0 heterocycles. The molecule has 0 spiro atoms. The fourth-order valence-corrected chi connectivity index (χ4v) is 5.47. The van der Waals surface area contributed by atoms with Crippen molar-refractivity contribution in [2.24, 2.45) is 10.8 Å². The van der Waals surface area contributed by atoms with Crippen LogP contribution in [0, 0.1) is 10.8 Å². The highest BCUT2D eigenvalue weighted by atomic mass is 28.4. The van der Waals surface area contributed by atoms with E-state index in [1.807, 2.05) is 11.4 Å². The molecule has 2 nitrogen and oxygen atoms in total. The lowest BCUT2D eigenvalue weighted by atomic mass is 9.98. The first-order valence-electron chi connectivity index (χ1n) is 8.18. The highest BCUT2D eigenvalue weighted by Gasteiger charge is 2.34. The molecule has 0 aliphatic heterocycles. The standard InChI is InChI=1S/C20H34O2Si2/c1-11-23(12-2,17-15-19(5,6)7)21-22-24(13-3,14-4)18-16-20(8,9)10/h11-18H,1-4H2,5-10H3. The molecule has 0 aromatic carbocycles. The normalized spacial score (nSPS) is 14.1. The van der Waals surface area contributed by atoms with Crippen molar-refractivity contribution in [1.82, 2.24) is 0 Å². The molecule has 0 unspecified atom stereocenters. The molecule has 0 aromatic heterocycles. The Hall–Kier alpha value is -1.21. The number of rotatable bonds is 9. The second-order valence-electron chi connectivity index (χ2n) is 8.09. The van der Waals surface area contributed by atoms with Gasteiger partial charge in [-0.1, -0.05) is 87.9 Å². The fourth-order valence-electron chi connectivity index (χ4n) is 1.54. The van der Waals surface area contributed by atoms with Gasteiger partial charge in [0.15, 0.2) is 0 Å². The molecule has 0 atom stereocenters. The summed E-state index contributed by atoms with van der Waals surface area (Å²) in [4.78, 5) is 0. The molecule has 0 rings (SSSR count). The predicted molar refractivity (Wildman–Crippen MR) is 112 cm³/mol. The van der Waals surface area contributed by atoms with Gasteiger partial charge in [0.1, 0.15) is 0 Å². The molecule has 0 amide bonds. The molecule has 24 heavy (non-hydrogen) atoms. The van der Waals surface area contributed by atoms with Crippen LogP contribution in [0.3, 0.4) is 0 Å². The Morgan fingerprint density at radius 1 is 0.583 bits per heavy atom. The minimum absolute atomic E-state index is 0.0468. The lowest BCUT2D eigenvalue weighted by Crippen LogP contribution is -2.41. The first kappa shape index (κ1) is 22.8. The van der Waals surface area contributed by atoms with Crippen LogP contribution in [-0.2, 0) is 9.15 Å². The van der Waals surface area contributed by atoms with Crippen LogP contribution in [0.1, 0.15) is 41.5 Å². The smallest absolute Gasteiger partial charge is 0.281 e. The van der Waals surface area contributed by atoms with Crippen molar-refractivity contribution < 1.29 is 9.15 Å². The number of hydrogen-bond acceptors (Lipinski definition) is 2. The molecule has 0 N–H and O–H groups in total. The maximum Gasteiger partial charge on any atom is 0.307 e. The Kier molecular flexibility index (Phi) is 8.32. The van der Waals surface area contributed by atoms with Crippen LogP contribution in [0.4, 0.5) is 0 Å². The summed E-state index contributed by atoms with van der Waals surface area (Å²) >= 11 is 0. The van der Waals surface area contributed by atoms with Crippen molar-refractivity contribution in [1.29, 1.82) is 0 Å². The van der Waals surface area contributed by atoms with E-state index < -0.39 is 16.6 Å². The minimum Gasteiger partial charge on any atom is -0.281 e. The molecule has 4 heteroatoms. The second kappa shape index (κ2) is 8.76. The van der Waals surface area contributed by atoms with E-state index in [2.05, 4.69) is 80.0 Å². The SMILES string of the molecule is C=C[Si](C=C)(C=CC(C)(C)C)OO[Si](C=C)(C=C)C=CC(C)(C)C. The average molecular weight is 363 g/mol. The number of hydrogen-bond donors (Lipinski definition) is 0. The molecule has 0 radical (unpaired) electrons. The average Bonchev–Trinajstić information content (AvgIpc) is 2.49. The van der Waals surface area contributed by atoms with E-state index in [9.17, 15) is 0 Å². The molecular weight excluding hydrogens is 328 g/mol. The van der Waals surface area contributed by atoms with Crippen LogP contribution < -0.4 is 0 Å². The Balaban J connectivity index is 5.50. The Labute approximate surface area is 151 Å². The van der Waals surface area contributed by atoms with E-state index >= 15 is 0 Å². The molecular formula is C20H34O2Si2. The van der Waals surface area contributed by atoms with Crippen LogP contribution in [-0.4, -0.2) is 16.6 Å². The highest BCUT2D eigenvalue weighted by molar-refractivity contribution is 6.90.